The number of aromatic hydroxyl groups is 1. The van der Waals surface area contributed by atoms with Crippen molar-refractivity contribution in [1.29, 1.82) is 0 Å². The SMILES string of the molecule is CNC(=O)c1cccc(-c2ccc(C(=O)O)c(O)c2)c1. The highest BCUT2D eigenvalue weighted by molar-refractivity contribution is 5.95. The molecule has 20 heavy (non-hydrogen) atoms. The molecule has 2 aromatic carbocycles. The zero-order valence-corrected chi connectivity index (χ0v) is 10.8. The fourth-order valence-corrected chi connectivity index (χ4v) is 1.88. The molecule has 0 saturated carbocycles. The van der Waals surface area contributed by atoms with Crippen molar-refractivity contribution >= 4 is 11.9 Å². The van der Waals surface area contributed by atoms with E-state index >= 15 is 0 Å². The van der Waals surface area contributed by atoms with E-state index in [1.54, 1.807) is 37.4 Å². The number of nitrogens with one attached hydrogen (secondary N) is 1. The number of hydrogen-bond acceptors (Lipinski definition) is 3. The van der Waals surface area contributed by atoms with Crippen molar-refractivity contribution < 1.29 is 19.8 Å². The van der Waals surface area contributed by atoms with Crippen LogP contribution in [0.3, 0.4) is 0 Å². The normalized spacial score (nSPS) is 10.1. The maximum atomic E-state index is 11.6. The summed E-state index contributed by atoms with van der Waals surface area (Å²) in [5.74, 6) is -1.70. The van der Waals surface area contributed by atoms with E-state index < -0.39 is 5.97 Å². The van der Waals surface area contributed by atoms with Gasteiger partial charge >= 0.3 is 5.97 Å². The van der Waals surface area contributed by atoms with E-state index in [2.05, 4.69) is 5.32 Å². The summed E-state index contributed by atoms with van der Waals surface area (Å²) >= 11 is 0. The third-order valence-corrected chi connectivity index (χ3v) is 2.91. The van der Waals surface area contributed by atoms with Gasteiger partial charge in [-0.15, -0.1) is 0 Å². The molecular formula is C15H13NO4. The lowest BCUT2D eigenvalue weighted by molar-refractivity contribution is 0.0693. The molecule has 2 aromatic rings. The predicted molar refractivity (Wildman–Crippen MR) is 73.9 cm³/mol. The van der Waals surface area contributed by atoms with E-state index in [0.29, 0.717) is 11.1 Å². The summed E-state index contributed by atoms with van der Waals surface area (Å²) in [7, 11) is 1.54. The Morgan fingerprint density at radius 2 is 1.75 bits per heavy atom. The van der Waals surface area contributed by atoms with Gasteiger partial charge in [0.15, 0.2) is 0 Å². The molecule has 1 amide bonds. The first-order valence-corrected chi connectivity index (χ1v) is 5.91. The maximum Gasteiger partial charge on any atom is 0.339 e. The van der Waals surface area contributed by atoms with Crippen LogP contribution in [0.25, 0.3) is 11.1 Å². The van der Waals surface area contributed by atoms with Gasteiger partial charge in [-0.3, -0.25) is 4.79 Å². The second kappa shape index (κ2) is 5.44. The largest absolute Gasteiger partial charge is 0.507 e. The molecule has 0 radical (unpaired) electrons. The van der Waals surface area contributed by atoms with Gasteiger partial charge in [-0.05, 0) is 35.4 Å². The average Bonchev–Trinajstić information content (AvgIpc) is 2.46. The van der Waals surface area contributed by atoms with Gasteiger partial charge in [-0.2, -0.15) is 0 Å². The molecule has 5 nitrogen and oxygen atoms in total. The Kier molecular flexibility index (Phi) is 3.70. The summed E-state index contributed by atoms with van der Waals surface area (Å²) < 4.78 is 0. The molecule has 0 aromatic heterocycles. The zero-order valence-electron chi connectivity index (χ0n) is 10.8. The van der Waals surface area contributed by atoms with Crippen molar-refractivity contribution in [3.63, 3.8) is 0 Å². The van der Waals surface area contributed by atoms with E-state index in [-0.39, 0.29) is 17.2 Å². The van der Waals surface area contributed by atoms with Crippen LogP contribution in [0, 0.1) is 0 Å². The average molecular weight is 271 g/mol. The fraction of sp³-hybridized carbons (Fsp3) is 0.0667. The highest BCUT2D eigenvalue weighted by Crippen LogP contribution is 2.27. The highest BCUT2D eigenvalue weighted by atomic mass is 16.4. The minimum Gasteiger partial charge on any atom is -0.507 e. The summed E-state index contributed by atoms with van der Waals surface area (Å²) in [6, 6.07) is 11.1. The summed E-state index contributed by atoms with van der Waals surface area (Å²) in [6.07, 6.45) is 0. The lowest BCUT2D eigenvalue weighted by Crippen LogP contribution is -2.17. The van der Waals surface area contributed by atoms with E-state index in [9.17, 15) is 14.7 Å². The fourth-order valence-electron chi connectivity index (χ4n) is 1.88. The number of carboxylic acids is 1. The van der Waals surface area contributed by atoms with Crippen molar-refractivity contribution in [2.24, 2.45) is 0 Å². The van der Waals surface area contributed by atoms with Crippen LogP contribution in [0.2, 0.25) is 0 Å². The van der Waals surface area contributed by atoms with Crippen LogP contribution < -0.4 is 5.32 Å². The topological polar surface area (TPSA) is 86.6 Å². The molecule has 3 N–H and O–H groups in total. The molecule has 0 atom stereocenters. The van der Waals surface area contributed by atoms with Crippen molar-refractivity contribution in [2.75, 3.05) is 7.05 Å². The summed E-state index contributed by atoms with van der Waals surface area (Å²) in [5, 5.41) is 21.1. The number of hydrogen-bond donors (Lipinski definition) is 3. The molecule has 0 aliphatic heterocycles. The molecule has 0 bridgehead atoms. The van der Waals surface area contributed by atoms with Crippen LogP contribution in [0.4, 0.5) is 0 Å². The smallest absolute Gasteiger partial charge is 0.339 e. The molecule has 0 unspecified atom stereocenters. The van der Waals surface area contributed by atoms with Gasteiger partial charge in [0.25, 0.3) is 5.91 Å². The van der Waals surface area contributed by atoms with E-state index in [1.807, 2.05) is 0 Å². The molecule has 0 heterocycles. The van der Waals surface area contributed by atoms with Crippen molar-refractivity contribution in [3.8, 4) is 16.9 Å². The summed E-state index contributed by atoms with van der Waals surface area (Å²) in [4.78, 5) is 22.4. The third kappa shape index (κ3) is 2.61. The van der Waals surface area contributed by atoms with Gasteiger partial charge in [0, 0.05) is 12.6 Å². The monoisotopic (exact) mass is 271 g/mol. The van der Waals surface area contributed by atoms with Gasteiger partial charge in [-0.1, -0.05) is 18.2 Å². The van der Waals surface area contributed by atoms with Crippen LogP contribution in [0.15, 0.2) is 42.5 Å². The lowest BCUT2D eigenvalue weighted by atomic mass is 10.0. The second-order valence-corrected chi connectivity index (χ2v) is 4.20. The van der Waals surface area contributed by atoms with Crippen molar-refractivity contribution in [3.05, 3.63) is 53.6 Å². The molecule has 0 aliphatic rings. The summed E-state index contributed by atoms with van der Waals surface area (Å²) in [5.41, 5.74) is 1.69. The molecular weight excluding hydrogens is 258 g/mol. The van der Waals surface area contributed by atoms with Crippen LogP contribution in [0.5, 0.6) is 5.75 Å². The first-order chi connectivity index (χ1) is 9.52. The maximum absolute atomic E-state index is 11.6. The van der Waals surface area contributed by atoms with Crippen LogP contribution in [-0.4, -0.2) is 29.1 Å². The van der Waals surface area contributed by atoms with Crippen LogP contribution >= 0.6 is 0 Å². The van der Waals surface area contributed by atoms with Gasteiger partial charge in [0.05, 0.1) is 0 Å². The number of carboxylic acid groups (broad SMARTS) is 1. The molecule has 2 rings (SSSR count). The Hall–Kier alpha value is -2.82. The van der Waals surface area contributed by atoms with Gasteiger partial charge in [-0.25, -0.2) is 4.79 Å². The number of carbonyl (C=O) groups is 2. The Balaban J connectivity index is 2.44. The van der Waals surface area contributed by atoms with Crippen molar-refractivity contribution in [1.82, 2.24) is 5.32 Å². The predicted octanol–water partition coefficient (Wildman–Crippen LogP) is 2.12. The Morgan fingerprint density at radius 3 is 2.35 bits per heavy atom. The number of aromatic carboxylic acids is 1. The zero-order chi connectivity index (χ0) is 14.7. The Labute approximate surface area is 115 Å². The molecule has 5 heteroatoms. The van der Waals surface area contributed by atoms with E-state index in [0.717, 1.165) is 5.56 Å². The lowest BCUT2D eigenvalue weighted by Gasteiger charge is -2.07. The van der Waals surface area contributed by atoms with Gasteiger partial charge in [0.2, 0.25) is 0 Å². The van der Waals surface area contributed by atoms with Crippen molar-refractivity contribution in [2.45, 2.75) is 0 Å². The first kappa shape index (κ1) is 13.6. The Bertz CT molecular complexity index is 679. The minimum atomic E-state index is -1.19. The summed E-state index contributed by atoms with van der Waals surface area (Å²) in [6.45, 7) is 0. The number of carbonyl (C=O) groups excluding carboxylic acids is 1. The number of amides is 1. The minimum absolute atomic E-state index is 0.156. The molecule has 0 spiro atoms. The van der Waals surface area contributed by atoms with Gasteiger partial charge < -0.3 is 15.5 Å². The quantitative estimate of drug-likeness (QED) is 0.798. The van der Waals surface area contributed by atoms with Crippen LogP contribution in [-0.2, 0) is 0 Å². The molecule has 0 saturated heterocycles. The van der Waals surface area contributed by atoms with E-state index in [1.165, 1.54) is 12.1 Å². The van der Waals surface area contributed by atoms with Gasteiger partial charge in [0.1, 0.15) is 11.3 Å². The van der Waals surface area contributed by atoms with Crippen LogP contribution in [0.1, 0.15) is 20.7 Å². The Morgan fingerprint density at radius 1 is 1.05 bits per heavy atom. The van der Waals surface area contributed by atoms with E-state index in [4.69, 9.17) is 5.11 Å². The number of rotatable bonds is 3. The second-order valence-electron chi connectivity index (χ2n) is 4.20. The first-order valence-electron chi connectivity index (χ1n) is 5.91. The third-order valence-electron chi connectivity index (χ3n) is 2.91. The number of phenols is 1. The molecule has 102 valence electrons. The highest BCUT2D eigenvalue weighted by Gasteiger charge is 2.11. The standard InChI is InChI=1S/C15H13NO4/c1-16-14(18)11-4-2-3-9(7-11)10-5-6-12(15(19)20)13(17)8-10/h2-8,17H,1H3,(H,16,18)(H,19,20). The molecule has 0 fully saturated rings. The number of benzene rings is 2. The molecule has 0 aliphatic carbocycles.